The fourth-order valence-electron chi connectivity index (χ4n) is 0.736. The standard InChI is InChI=1S/C10H20N2S5/c1-11(2)9(13)16-7-5-15-6-8-17-10(14)12(3)4/h5-8H2,1-4H3. The van der Waals surface area contributed by atoms with Crippen molar-refractivity contribution in [3.05, 3.63) is 0 Å². The van der Waals surface area contributed by atoms with Gasteiger partial charge >= 0.3 is 0 Å². The Kier molecular flexibility index (Phi) is 11.2. The maximum absolute atomic E-state index is 5.19. The normalized spacial score (nSPS) is 10.1. The van der Waals surface area contributed by atoms with E-state index in [2.05, 4.69) is 0 Å². The zero-order chi connectivity index (χ0) is 13.3. The molecule has 0 aliphatic carbocycles. The molecule has 0 unspecified atom stereocenters. The molecule has 0 rings (SSSR count). The highest BCUT2D eigenvalue weighted by Crippen LogP contribution is 2.13. The predicted molar refractivity (Wildman–Crippen MR) is 94.8 cm³/mol. The van der Waals surface area contributed by atoms with E-state index in [0.29, 0.717) is 0 Å². The minimum absolute atomic E-state index is 0.966. The van der Waals surface area contributed by atoms with Crippen molar-refractivity contribution >= 4 is 68.4 Å². The van der Waals surface area contributed by atoms with Crippen LogP contribution in [0.1, 0.15) is 0 Å². The Labute approximate surface area is 129 Å². The molecule has 0 aliphatic rings. The zero-order valence-corrected chi connectivity index (χ0v) is 14.8. The van der Waals surface area contributed by atoms with Gasteiger partial charge in [0.1, 0.15) is 8.64 Å². The highest BCUT2D eigenvalue weighted by molar-refractivity contribution is 8.23. The topological polar surface area (TPSA) is 6.48 Å². The van der Waals surface area contributed by atoms with E-state index in [1.165, 1.54) is 0 Å². The Morgan fingerprint density at radius 3 is 1.41 bits per heavy atom. The lowest BCUT2D eigenvalue weighted by Gasteiger charge is -2.13. The molecule has 0 saturated carbocycles. The van der Waals surface area contributed by atoms with Crippen LogP contribution in [0, 0.1) is 0 Å². The predicted octanol–water partition coefficient (Wildman–Crippen LogP) is 2.88. The first-order valence-electron chi connectivity index (χ1n) is 5.21. The van der Waals surface area contributed by atoms with Crippen molar-refractivity contribution in [3.8, 4) is 0 Å². The maximum Gasteiger partial charge on any atom is 0.135 e. The van der Waals surface area contributed by atoms with Crippen LogP contribution in [0.15, 0.2) is 0 Å². The molecule has 0 heterocycles. The van der Waals surface area contributed by atoms with Crippen LogP contribution < -0.4 is 0 Å². The van der Waals surface area contributed by atoms with Crippen molar-refractivity contribution in [3.63, 3.8) is 0 Å². The van der Waals surface area contributed by atoms with Gasteiger partial charge in [0.05, 0.1) is 0 Å². The minimum atomic E-state index is 0.966. The lowest BCUT2D eigenvalue weighted by Crippen LogP contribution is -2.17. The molecule has 17 heavy (non-hydrogen) atoms. The highest BCUT2D eigenvalue weighted by Gasteiger charge is 2.01. The van der Waals surface area contributed by atoms with Crippen molar-refractivity contribution < 1.29 is 0 Å². The summed E-state index contributed by atoms with van der Waals surface area (Å²) >= 11 is 15.9. The quantitative estimate of drug-likeness (QED) is 0.539. The molecule has 0 bridgehead atoms. The smallest absolute Gasteiger partial charge is 0.135 e. The number of nitrogens with zero attached hydrogens (tertiary/aromatic N) is 2. The molecule has 0 N–H and O–H groups in total. The Bertz CT molecular complexity index is 219. The number of hydrogen-bond donors (Lipinski definition) is 0. The van der Waals surface area contributed by atoms with Gasteiger partial charge in [0.2, 0.25) is 0 Å². The van der Waals surface area contributed by atoms with Crippen LogP contribution in [0.4, 0.5) is 0 Å². The van der Waals surface area contributed by atoms with E-state index in [0.717, 1.165) is 31.7 Å². The molecule has 0 atom stereocenters. The van der Waals surface area contributed by atoms with Crippen molar-refractivity contribution in [2.45, 2.75) is 0 Å². The van der Waals surface area contributed by atoms with Gasteiger partial charge in [-0.3, -0.25) is 0 Å². The molecule has 0 aromatic heterocycles. The zero-order valence-electron chi connectivity index (χ0n) is 10.8. The summed E-state index contributed by atoms with van der Waals surface area (Å²) in [6.45, 7) is 0. The third kappa shape index (κ3) is 10.4. The van der Waals surface area contributed by atoms with Gasteiger partial charge in [0.15, 0.2) is 0 Å². The van der Waals surface area contributed by atoms with Crippen molar-refractivity contribution in [2.24, 2.45) is 0 Å². The van der Waals surface area contributed by atoms with Gasteiger partial charge in [-0.1, -0.05) is 48.0 Å². The average molecular weight is 329 g/mol. The maximum atomic E-state index is 5.19. The van der Waals surface area contributed by atoms with Gasteiger partial charge in [-0.05, 0) is 0 Å². The van der Waals surface area contributed by atoms with Gasteiger partial charge in [0.25, 0.3) is 0 Å². The van der Waals surface area contributed by atoms with E-state index in [9.17, 15) is 0 Å². The third-order valence-electron chi connectivity index (χ3n) is 1.64. The monoisotopic (exact) mass is 328 g/mol. The van der Waals surface area contributed by atoms with Crippen LogP contribution in [0.5, 0.6) is 0 Å². The molecule has 0 aromatic carbocycles. The van der Waals surface area contributed by atoms with E-state index in [1.807, 2.05) is 49.8 Å². The molecule has 0 aromatic rings. The Morgan fingerprint density at radius 2 is 1.12 bits per heavy atom. The fourth-order valence-corrected chi connectivity index (χ4v) is 3.92. The summed E-state index contributed by atoms with van der Waals surface area (Å²) in [7, 11) is 7.95. The summed E-state index contributed by atoms with van der Waals surface area (Å²) in [5, 5.41) is 0. The largest absolute Gasteiger partial charge is 0.364 e. The summed E-state index contributed by atoms with van der Waals surface area (Å²) in [5.41, 5.74) is 0. The Balaban J connectivity index is 3.30. The van der Waals surface area contributed by atoms with Crippen LogP contribution in [0.2, 0.25) is 0 Å². The third-order valence-corrected chi connectivity index (χ3v) is 6.62. The van der Waals surface area contributed by atoms with E-state index in [-0.39, 0.29) is 0 Å². The summed E-state index contributed by atoms with van der Waals surface area (Å²) in [5.74, 6) is 4.47. The van der Waals surface area contributed by atoms with Gasteiger partial charge in [0, 0.05) is 51.2 Å². The first-order valence-corrected chi connectivity index (χ1v) is 9.15. The summed E-state index contributed by atoms with van der Waals surface area (Å²) < 4.78 is 1.93. The molecule has 0 radical (unpaired) electrons. The molecule has 7 heteroatoms. The molecule has 0 aliphatic heterocycles. The summed E-state index contributed by atoms with van der Waals surface area (Å²) in [6, 6.07) is 0. The fraction of sp³-hybridized carbons (Fsp3) is 0.800. The minimum Gasteiger partial charge on any atom is -0.364 e. The van der Waals surface area contributed by atoms with E-state index in [4.69, 9.17) is 24.4 Å². The molecular weight excluding hydrogens is 308 g/mol. The van der Waals surface area contributed by atoms with Crippen LogP contribution in [0.25, 0.3) is 0 Å². The first kappa shape index (κ1) is 17.8. The van der Waals surface area contributed by atoms with Gasteiger partial charge < -0.3 is 9.80 Å². The average Bonchev–Trinajstić information content (AvgIpc) is 2.26. The van der Waals surface area contributed by atoms with E-state index < -0.39 is 0 Å². The van der Waals surface area contributed by atoms with Gasteiger partial charge in [-0.25, -0.2) is 0 Å². The second kappa shape index (κ2) is 10.7. The van der Waals surface area contributed by atoms with Crippen LogP contribution >= 0.6 is 59.7 Å². The van der Waals surface area contributed by atoms with E-state index in [1.54, 1.807) is 23.5 Å². The summed E-state index contributed by atoms with van der Waals surface area (Å²) in [6.07, 6.45) is 0. The Hall–Kier alpha value is 0.830. The molecule has 0 spiro atoms. The highest BCUT2D eigenvalue weighted by atomic mass is 32.2. The molecule has 0 saturated heterocycles. The van der Waals surface area contributed by atoms with Crippen molar-refractivity contribution in [1.29, 1.82) is 0 Å². The summed E-state index contributed by atoms with van der Waals surface area (Å²) in [4.78, 5) is 3.96. The lowest BCUT2D eigenvalue weighted by atomic mass is 10.9. The van der Waals surface area contributed by atoms with Crippen LogP contribution in [-0.2, 0) is 0 Å². The molecule has 100 valence electrons. The molecule has 2 nitrogen and oxygen atoms in total. The van der Waals surface area contributed by atoms with Crippen LogP contribution in [0.3, 0.4) is 0 Å². The van der Waals surface area contributed by atoms with Gasteiger partial charge in [-0.15, -0.1) is 0 Å². The molecule has 0 amide bonds. The number of hydrogen-bond acceptors (Lipinski definition) is 5. The second-order valence-corrected chi connectivity index (χ2v) is 8.31. The SMILES string of the molecule is CN(C)C(=S)SCCSCCSC(=S)N(C)C. The van der Waals surface area contributed by atoms with Gasteiger partial charge in [-0.2, -0.15) is 11.8 Å². The number of thiocarbonyl (C=S) groups is 2. The first-order chi connectivity index (χ1) is 7.95. The second-order valence-electron chi connectivity index (χ2n) is 3.63. The molecular formula is C10H20N2S5. The van der Waals surface area contributed by atoms with E-state index >= 15 is 0 Å². The number of thioether (sulfide) groups is 3. The van der Waals surface area contributed by atoms with Crippen molar-refractivity contribution in [2.75, 3.05) is 51.2 Å². The lowest BCUT2D eigenvalue weighted by molar-refractivity contribution is 0.648. The molecule has 0 fully saturated rings. The Morgan fingerprint density at radius 1 is 0.765 bits per heavy atom. The van der Waals surface area contributed by atoms with Crippen LogP contribution in [-0.4, -0.2) is 69.6 Å². The van der Waals surface area contributed by atoms with Crippen molar-refractivity contribution in [1.82, 2.24) is 9.80 Å². The number of rotatable bonds is 6.